The third kappa shape index (κ3) is 4.28. The van der Waals surface area contributed by atoms with Gasteiger partial charge in [-0.05, 0) is 24.0 Å². The van der Waals surface area contributed by atoms with Crippen LogP contribution in [0, 0.1) is 27.2 Å². The standard InChI is InChI=1S/C14H15N5O6/c1-9-7-13(19(23)24)16-17(9)6-5-14(20)15-11-4-3-10(25-2)8-12(11)18(21)22/h3-4,7-8H,5-6H2,1-2H3,(H,15,20). The predicted octanol–water partition coefficient (Wildman–Crippen LogP) is 2.05. The molecule has 2 aromatic rings. The normalized spacial score (nSPS) is 10.3. The number of anilines is 1. The number of nitrogens with zero attached hydrogens (tertiary/aromatic N) is 4. The number of methoxy groups -OCH3 is 1. The summed E-state index contributed by atoms with van der Waals surface area (Å²) in [5.41, 5.74) is 0.285. The van der Waals surface area contributed by atoms with E-state index in [-0.39, 0.29) is 30.2 Å². The summed E-state index contributed by atoms with van der Waals surface area (Å²) in [6.07, 6.45) is -0.0527. The maximum absolute atomic E-state index is 12.0. The van der Waals surface area contributed by atoms with Gasteiger partial charge in [0.1, 0.15) is 11.4 Å². The summed E-state index contributed by atoms with van der Waals surface area (Å²) in [5, 5.41) is 28.0. The molecule has 1 aromatic carbocycles. The molecule has 0 spiro atoms. The van der Waals surface area contributed by atoms with Gasteiger partial charge in [0.25, 0.3) is 5.69 Å². The van der Waals surface area contributed by atoms with Crippen molar-refractivity contribution in [1.82, 2.24) is 9.78 Å². The Hall–Kier alpha value is -3.50. The average molecular weight is 349 g/mol. The van der Waals surface area contributed by atoms with Crippen LogP contribution in [0.1, 0.15) is 12.1 Å². The van der Waals surface area contributed by atoms with E-state index >= 15 is 0 Å². The van der Waals surface area contributed by atoms with E-state index in [2.05, 4.69) is 10.4 Å². The molecule has 0 atom stereocenters. The minimum absolute atomic E-state index is 0.0407. The molecule has 1 aromatic heterocycles. The van der Waals surface area contributed by atoms with Crippen LogP contribution in [0.3, 0.4) is 0 Å². The number of hydrogen-bond acceptors (Lipinski definition) is 7. The third-order valence-electron chi connectivity index (χ3n) is 3.38. The van der Waals surface area contributed by atoms with Gasteiger partial charge >= 0.3 is 5.82 Å². The number of aromatic nitrogens is 2. The van der Waals surface area contributed by atoms with Crippen molar-refractivity contribution in [3.05, 3.63) is 50.2 Å². The van der Waals surface area contributed by atoms with Crippen molar-refractivity contribution >= 4 is 23.1 Å². The lowest BCUT2D eigenvalue weighted by Crippen LogP contribution is -2.16. The Kier molecular flexibility index (Phi) is 5.27. The Morgan fingerprint density at radius 3 is 2.56 bits per heavy atom. The highest BCUT2D eigenvalue weighted by Gasteiger charge is 2.19. The smallest absolute Gasteiger partial charge is 0.390 e. The first kappa shape index (κ1) is 17.8. The number of carbonyl (C=O) groups is 1. The SMILES string of the molecule is COc1ccc(NC(=O)CCn2nc([N+](=O)[O-])cc2C)c([N+](=O)[O-])c1. The molecule has 0 fully saturated rings. The van der Waals surface area contributed by atoms with Crippen LogP contribution in [0.15, 0.2) is 24.3 Å². The summed E-state index contributed by atoms with van der Waals surface area (Å²) >= 11 is 0. The van der Waals surface area contributed by atoms with Crippen molar-refractivity contribution in [2.24, 2.45) is 0 Å². The average Bonchev–Trinajstić information content (AvgIpc) is 2.94. The van der Waals surface area contributed by atoms with E-state index in [0.29, 0.717) is 11.4 Å². The Morgan fingerprint density at radius 1 is 1.28 bits per heavy atom. The quantitative estimate of drug-likeness (QED) is 0.595. The minimum atomic E-state index is -0.626. The second kappa shape index (κ2) is 7.38. The zero-order valence-electron chi connectivity index (χ0n) is 13.5. The number of carbonyl (C=O) groups excluding carboxylic acids is 1. The molecule has 0 bridgehead atoms. The Labute approximate surface area is 141 Å². The first-order valence-electron chi connectivity index (χ1n) is 7.13. The lowest BCUT2D eigenvalue weighted by molar-refractivity contribution is -0.389. The molecule has 0 unspecified atom stereocenters. The number of nitro groups is 2. The van der Waals surface area contributed by atoms with Gasteiger partial charge in [0.15, 0.2) is 0 Å². The monoisotopic (exact) mass is 349 g/mol. The second-order valence-electron chi connectivity index (χ2n) is 5.06. The van der Waals surface area contributed by atoms with Gasteiger partial charge in [-0.1, -0.05) is 0 Å². The fourth-order valence-electron chi connectivity index (χ4n) is 2.12. The van der Waals surface area contributed by atoms with Crippen LogP contribution in [0.4, 0.5) is 17.2 Å². The van der Waals surface area contributed by atoms with Gasteiger partial charge in [-0.25, -0.2) is 0 Å². The summed E-state index contributed by atoms with van der Waals surface area (Å²) in [6.45, 7) is 1.74. The van der Waals surface area contributed by atoms with E-state index in [1.807, 2.05) is 0 Å². The van der Waals surface area contributed by atoms with Crippen molar-refractivity contribution in [3.63, 3.8) is 0 Å². The molecule has 2 rings (SSSR count). The summed E-state index contributed by atoms with van der Waals surface area (Å²) in [6, 6.07) is 5.37. The molecule has 1 amide bonds. The van der Waals surface area contributed by atoms with Crippen molar-refractivity contribution in [2.45, 2.75) is 19.9 Å². The van der Waals surface area contributed by atoms with E-state index in [9.17, 15) is 25.0 Å². The number of hydrogen-bond donors (Lipinski definition) is 1. The van der Waals surface area contributed by atoms with Gasteiger partial charge in [0.2, 0.25) is 5.91 Å². The van der Waals surface area contributed by atoms with Gasteiger partial charge in [-0.3, -0.25) is 14.9 Å². The number of rotatable bonds is 7. The Bertz CT molecular complexity index is 831. The Morgan fingerprint density at radius 2 is 2.00 bits per heavy atom. The first-order chi connectivity index (χ1) is 11.8. The summed E-state index contributed by atoms with van der Waals surface area (Å²) in [5.74, 6) is -0.487. The highest BCUT2D eigenvalue weighted by molar-refractivity contribution is 5.93. The topological polar surface area (TPSA) is 142 Å². The molecule has 132 valence electrons. The van der Waals surface area contributed by atoms with Crippen LogP contribution in [0.2, 0.25) is 0 Å². The van der Waals surface area contributed by atoms with Gasteiger partial charge in [-0.2, -0.15) is 4.68 Å². The van der Waals surface area contributed by atoms with Gasteiger partial charge in [-0.15, -0.1) is 0 Å². The van der Waals surface area contributed by atoms with E-state index < -0.39 is 15.8 Å². The summed E-state index contributed by atoms with van der Waals surface area (Å²) in [4.78, 5) is 32.5. The molecular weight excluding hydrogens is 334 g/mol. The fraction of sp³-hybridized carbons (Fsp3) is 0.286. The lowest BCUT2D eigenvalue weighted by Gasteiger charge is -2.07. The van der Waals surface area contributed by atoms with Gasteiger partial charge < -0.3 is 20.2 Å². The first-order valence-corrected chi connectivity index (χ1v) is 7.13. The molecule has 0 saturated heterocycles. The third-order valence-corrected chi connectivity index (χ3v) is 3.38. The lowest BCUT2D eigenvalue weighted by atomic mass is 10.2. The number of ether oxygens (including phenoxy) is 1. The molecule has 0 radical (unpaired) electrons. The van der Waals surface area contributed by atoms with Crippen LogP contribution < -0.4 is 10.1 Å². The van der Waals surface area contributed by atoms with Crippen LogP contribution in [-0.4, -0.2) is 32.6 Å². The molecule has 0 aliphatic rings. The van der Waals surface area contributed by atoms with E-state index in [4.69, 9.17) is 4.74 Å². The minimum Gasteiger partial charge on any atom is -0.496 e. The molecule has 1 heterocycles. The number of amides is 1. The number of nitro benzene ring substituents is 1. The van der Waals surface area contributed by atoms with Crippen LogP contribution in [0.5, 0.6) is 5.75 Å². The molecule has 0 saturated carbocycles. The maximum atomic E-state index is 12.0. The van der Waals surface area contributed by atoms with Crippen LogP contribution in [-0.2, 0) is 11.3 Å². The van der Waals surface area contributed by atoms with E-state index in [1.165, 1.54) is 36.1 Å². The van der Waals surface area contributed by atoms with Gasteiger partial charge in [0, 0.05) is 6.42 Å². The van der Waals surface area contributed by atoms with Crippen molar-refractivity contribution in [3.8, 4) is 5.75 Å². The molecule has 25 heavy (non-hydrogen) atoms. The van der Waals surface area contributed by atoms with Crippen molar-refractivity contribution < 1.29 is 19.4 Å². The Balaban J connectivity index is 2.06. The van der Waals surface area contributed by atoms with Crippen molar-refractivity contribution in [2.75, 3.05) is 12.4 Å². The molecular formula is C14H15N5O6. The fourth-order valence-corrected chi connectivity index (χ4v) is 2.12. The number of benzene rings is 1. The van der Waals surface area contributed by atoms with E-state index in [1.54, 1.807) is 6.92 Å². The van der Waals surface area contributed by atoms with Crippen LogP contribution in [0.25, 0.3) is 0 Å². The highest BCUT2D eigenvalue weighted by Crippen LogP contribution is 2.29. The molecule has 0 aliphatic carbocycles. The summed E-state index contributed by atoms with van der Waals surface area (Å²) in [7, 11) is 1.38. The number of aryl methyl sites for hydroxylation is 2. The number of nitrogens with one attached hydrogen (secondary N) is 1. The molecule has 0 aliphatic heterocycles. The molecule has 1 N–H and O–H groups in total. The molecule has 11 heteroatoms. The zero-order chi connectivity index (χ0) is 18.6. The highest BCUT2D eigenvalue weighted by atomic mass is 16.6. The second-order valence-corrected chi connectivity index (χ2v) is 5.06. The maximum Gasteiger partial charge on any atom is 0.390 e. The largest absolute Gasteiger partial charge is 0.496 e. The molecule has 11 nitrogen and oxygen atoms in total. The van der Waals surface area contributed by atoms with Crippen LogP contribution >= 0.6 is 0 Å². The summed E-state index contributed by atoms with van der Waals surface area (Å²) < 4.78 is 6.25. The predicted molar refractivity (Wildman–Crippen MR) is 86.5 cm³/mol. The van der Waals surface area contributed by atoms with E-state index in [0.717, 1.165) is 0 Å². The van der Waals surface area contributed by atoms with Gasteiger partial charge in [0.05, 0.1) is 41.5 Å². The van der Waals surface area contributed by atoms with Crippen molar-refractivity contribution in [1.29, 1.82) is 0 Å². The zero-order valence-corrected chi connectivity index (χ0v) is 13.5.